The largest absolute Gasteiger partial charge is 0.399 e. The molecule has 3 rings (SSSR count). The third-order valence-electron chi connectivity index (χ3n) is 3.70. The van der Waals surface area contributed by atoms with Crippen molar-refractivity contribution in [2.75, 3.05) is 25.4 Å². The Labute approximate surface area is 130 Å². The van der Waals surface area contributed by atoms with E-state index in [1.165, 1.54) is 0 Å². The predicted molar refractivity (Wildman–Crippen MR) is 84.1 cm³/mol. The van der Waals surface area contributed by atoms with Crippen molar-refractivity contribution in [1.29, 1.82) is 0 Å². The average Bonchev–Trinajstić information content (AvgIpc) is 2.46. The number of hydrogen-bond acceptors (Lipinski definition) is 6. The van der Waals surface area contributed by atoms with E-state index in [0.29, 0.717) is 6.61 Å². The summed E-state index contributed by atoms with van der Waals surface area (Å²) in [6.45, 7) is 7.02. The molecule has 1 aliphatic rings. The van der Waals surface area contributed by atoms with Gasteiger partial charge in [-0.25, -0.2) is 9.97 Å². The van der Waals surface area contributed by atoms with Gasteiger partial charge in [0.1, 0.15) is 11.9 Å². The van der Waals surface area contributed by atoms with E-state index < -0.39 is 0 Å². The number of aromatic nitrogens is 3. The van der Waals surface area contributed by atoms with E-state index in [1.54, 1.807) is 6.20 Å². The molecule has 6 heteroatoms. The first-order valence-corrected chi connectivity index (χ1v) is 7.47. The summed E-state index contributed by atoms with van der Waals surface area (Å²) in [5.74, 6) is 0.801. The van der Waals surface area contributed by atoms with Crippen LogP contribution in [0.1, 0.15) is 29.0 Å². The second kappa shape index (κ2) is 6.37. The van der Waals surface area contributed by atoms with Crippen molar-refractivity contribution < 1.29 is 4.74 Å². The summed E-state index contributed by atoms with van der Waals surface area (Å²) >= 11 is 0. The van der Waals surface area contributed by atoms with Crippen LogP contribution in [0.15, 0.2) is 24.4 Å². The molecule has 1 atom stereocenters. The first-order chi connectivity index (χ1) is 10.6. The van der Waals surface area contributed by atoms with Gasteiger partial charge in [-0.1, -0.05) is 0 Å². The van der Waals surface area contributed by atoms with Gasteiger partial charge in [0, 0.05) is 37.2 Å². The molecule has 2 aromatic heterocycles. The quantitative estimate of drug-likeness (QED) is 0.928. The maximum Gasteiger partial charge on any atom is 0.125 e. The van der Waals surface area contributed by atoms with Crippen LogP contribution < -0.4 is 5.73 Å². The van der Waals surface area contributed by atoms with Crippen molar-refractivity contribution in [2.24, 2.45) is 0 Å². The van der Waals surface area contributed by atoms with Crippen molar-refractivity contribution in [3.05, 3.63) is 47.3 Å². The zero-order valence-corrected chi connectivity index (χ0v) is 13.0. The molecular weight excluding hydrogens is 278 g/mol. The molecule has 1 saturated heterocycles. The Kier molecular flexibility index (Phi) is 4.31. The smallest absolute Gasteiger partial charge is 0.125 e. The number of nitrogens with two attached hydrogens (primary N) is 1. The summed E-state index contributed by atoms with van der Waals surface area (Å²) < 4.78 is 5.87. The summed E-state index contributed by atoms with van der Waals surface area (Å²) in [5.41, 5.74) is 9.50. The van der Waals surface area contributed by atoms with Crippen LogP contribution >= 0.6 is 0 Å². The highest BCUT2D eigenvalue weighted by molar-refractivity contribution is 5.40. The minimum absolute atomic E-state index is 0.0427. The predicted octanol–water partition coefficient (Wildman–Crippen LogP) is 1.64. The first-order valence-electron chi connectivity index (χ1n) is 7.47. The number of ether oxygens (including phenoxy) is 1. The van der Waals surface area contributed by atoms with Crippen molar-refractivity contribution in [3.8, 4) is 0 Å². The summed E-state index contributed by atoms with van der Waals surface area (Å²) in [4.78, 5) is 15.5. The van der Waals surface area contributed by atoms with E-state index >= 15 is 0 Å². The van der Waals surface area contributed by atoms with E-state index in [1.807, 2.05) is 32.0 Å². The van der Waals surface area contributed by atoms with Crippen LogP contribution in [0.3, 0.4) is 0 Å². The van der Waals surface area contributed by atoms with Crippen LogP contribution in [0.5, 0.6) is 0 Å². The van der Waals surface area contributed by atoms with Gasteiger partial charge < -0.3 is 10.5 Å². The molecule has 0 aliphatic carbocycles. The topological polar surface area (TPSA) is 77.2 Å². The monoisotopic (exact) mass is 299 g/mol. The maximum atomic E-state index is 5.91. The molecule has 2 aromatic rings. The number of rotatable bonds is 3. The van der Waals surface area contributed by atoms with Gasteiger partial charge in [0.25, 0.3) is 0 Å². The molecule has 116 valence electrons. The van der Waals surface area contributed by atoms with Gasteiger partial charge in [0.15, 0.2) is 0 Å². The van der Waals surface area contributed by atoms with Crippen LogP contribution in [0.4, 0.5) is 5.69 Å². The summed E-state index contributed by atoms with van der Waals surface area (Å²) in [5, 5.41) is 0. The summed E-state index contributed by atoms with van der Waals surface area (Å²) in [6.07, 6.45) is 1.76. The van der Waals surface area contributed by atoms with E-state index in [-0.39, 0.29) is 6.10 Å². The standard InChI is InChI=1S/C16H21N5O/c1-11-7-13(17)8-15(19-11)16-10-21(5-6-22-16)9-14-3-4-18-12(2)20-14/h3-4,7-8,16H,5-6,9-10H2,1-2H3,(H2,17,19). The Morgan fingerprint density at radius 3 is 2.95 bits per heavy atom. The fourth-order valence-electron chi connectivity index (χ4n) is 2.73. The molecule has 3 heterocycles. The minimum Gasteiger partial charge on any atom is -0.399 e. The fraction of sp³-hybridized carbons (Fsp3) is 0.438. The second-order valence-electron chi connectivity index (χ2n) is 5.66. The third kappa shape index (κ3) is 3.58. The highest BCUT2D eigenvalue weighted by Crippen LogP contribution is 2.23. The Hall–Kier alpha value is -2.05. The van der Waals surface area contributed by atoms with E-state index in [9.17, 15) is 0 Å². The fourth-order valence-corrected chi connectivity index (χ4v) is 2.73. The van der Waals surface area contributed by atoms with Gasteiger partial charge in [-0.05, 0) is 32.0 Å². The molecule has 2 N–H and O–H groups in total. The van der Waals surface area contributed by atoms with Crippen molar-refractivity contribution >= 4 is 5.69 Å². The van der Waals surface area contributed by atoms with Crippen LogP contribution in [-0.2, 0) is 11.3 Å². The molecule has 6 nitrogen and oxygen atoms in total. The lowest BCUT2D eigenvalue weighted by Crippen LogP contribution is -2.38. The van der Waals surface area contributed by atoms with Gasteiger partial charge in [-0.15, -0.1) is 0 Å². The van der Waals surface area contributed by atoms with Crippen LogP contribution in [0, 0.1) is 13.8 Å². The van der Waals surface area contributed by atoms with E-state index in [2.05, 4.69) is 19.9 Å². The lowest BCUT2D eigenvalue weighted by molar-refractivity contribution is -0.0353. The molecular formula is C16H21N5O. The number of pyridine rings is 1. The van der Waals surface area contributed by atoms with Crippen molar-refractivity contribution in [3.63, 3.8) is 0 Å². The number of anilines is 1. The number of nitrogens with zero attached hydrogens (tertiary/aromatic N) is 4. The number of hydrogen-bond donors (Lipinski definition) is 1. The Bertz CT molecular complexity index is 640. The van der Waals surface area contributed by atoms with Gasteiger partial charge >= 0.3 is 0 Å². The molecule has 0 spiro atoms. The maximum absolute atomic E-state index is 5.91. The van der Waals surface area contributed by atoms with Crippen LogP contribution in [0.2, 0.25) is 0 Å². The van der Waals surface area contributed by atoms with Crippen molar-refractivity contribution in [2.45, 2.75) is 26.5 Å². The van der Waals surface area contributed by atoms with Crippen molar-refractivity contribution in [1.82, 2.24) is 19.9 Å². The van der Waals surface area contributed by atoms with Gasteiger partial charge in [0.05, 0.1) is 18.0 Å². The molecule has 0 aromatic carbocycles. The average molecular weight is 299 g/mol. The van der Waals surface area contributed by atoms with Gasteiger partial charge in [0.2, 0.25) is 0 Å². The highest BCUT2D eigenvalue weighted by atomic mass is 16.5. The SMILES string of the molecule is Cc1cc(N)cc(C2CN(Cc3ccnc(C)n3)CCO2)n1. The van der Waals surface area contributed by atoms with E-state index in [4.69, 9.17) is 10.5 Å². The minimum atomic E-state index is -0.0427. The third-order valence-corrected chi connectivity index (χ3v) is 3.70. The number of morpholine rings is 1. The van der Waals surface area contributed by atoms with Gasteiger partial charge in [-0.2, -0.15) is 0 Å². The summed E-state index contributed by atoms with van der Waals surface area (Å²) in [7, 11) is 0. The lowest BCUT2D eigenvalue weighted by Gasteiger charge is -2.32. The molecule has 0 radical (unpaired) electrons. The zero-order valence-electron chi connectivity index (χ0n) is 13.0. The Balaban J connectivity index is 1.71. The molecule has 22 heavy (non-hydrogen) atoms. The van der Waals surface area contributed by atoms with Crippen LogP contribution in [0.25, 0.3) is 0 Å². The van der Waals surface area contributed by atoms with Crippen LogP contribution in [-0.4, -0.2) is 39.5 Å². The normalized spacial score (nSPS) is 19.3. The molecule has 1 aliphatic heterocycles. The summed E-state index contributed by atoms with van der Waals surface area (Å²) in [6, 6.07) is 5.73. The lowest BCUT2D eigenvalue weighted by atomic mass is 10.1. The molecule has 0 bridgehead atoms. The Morgan fingerprint density at radius 1 is 1.32 bits per heavy atom. The first kappa shape index (κ1) is 14.9. The molecule has 0 amide bonds. The number of nitrogen functional groups attached to an aromatic ring is 1. The number of aryl methyl sites for hydroxylation is 2. The molecule has 1 fully saturated rings. The van der Waals surface area contributed by atoms with Gasteiger partial charge in [-0.3, -0.25) is 9.88 Å². The second-order valence-corrected chi connectivity index (χ2v) is 5.66. The highest BCUT2D eigenvalue weighted by Gasteiger charge is 2.23. The zero-order chi connectivity index (χ0) is 15.5. The van der Waals surface area contributed by atoms with E-state index in [0.717, 1.165) is 48.2 Å². The Morgan fingerprint density at radius 2 is 2.18 bits per heavy atom. The molecule has 1 unspecified atom stereocenters. The molecule has 0 saturated carbocycles.